The van der Waals surface area contributed by atoms with Crippen molar-refractivity contribution in [3.63, 3.8) is 0 Å². The molecule has 1 amide bonds. The molecule has 9 heteroatoms. The van der Waals surface area contributed by atoms with Crippen molar-refractivity contribution in [1.29, 1.82) is 0 Å². The summed E-state index contributed by atoms with van der Waals surface area (Å²) < 4.78 is 51.4. The molecule has 2 heterocycles. The Kier molecular flexibility index (Phi) is 8.43. The van der Waals surface area contributed by atoms with Gasteiger partial charge in [-0.15, -0.1) is 0 Å². The number of ether oxygens (including phenoxy) is 2. The Hall–Kier alpha value is -2.46. The van der Waals surface area contributed by atoms with E-state index in [9.17, 15) is 23.1 Å². The summed E-state index contributed by atoms with van der Waals surface area (Å²) in [6.07, 6.45) is -4.21. The maximum absolute atomic E-state index is 13.2. The minimum Gasteiger partial charge on any atom is -0.389 e. The second-order valence-electron chi connectivity index (χ2n) is 9.23. The SMILES string of the molecule is O=C(C[C@H]1CC[C@@H]2[C@H](COC[C@@H](O)CN2Cc2cccc(C(F)(F)F)c2)O1)NCc1ccccc1. The number of carbonyl (C=O) groups is 1. The number of amides is 1. The first-order valence-electron chi connectivity index (χ1n) is 11.9. The highest BCUT2D eigenvalue weighted by molar-refractivity contribution is 5.76. The van der Waals surface area contributed by atoms with Crippen molar-refractivity contribution in [2.45, 2.75) is 62.9 Å². The first kappa shape index (κ1) is 25.6. The highest BCUT2D eigenvalue weighted by Crippen LogP contribution is 2.32. The van der Waals surface area contributed by atoms with Crippen molar-refractivity contribution >= 4 is 5.91 Å². The summed E-state index contributed by atoms with van der Waals surface area (Å²) in [4.78, 5) is 14.5. The second kappa shape index (κ2) is 11.5. The molecule has 6 nitrogen and oxygen atoms in total. The fourth-order valence-corrected chi connectivity index (χ4v) is 4.78. The first-order chi connectivity index (χ1) is 16.8. The Labute approximate surface area is 203 Å². The molecule has 2 aliphatic rings. The van der Waals surface area contributed by atoms with Crippen molar-refractivity contribution in [3.8, 4) is 0 Å². The molecular weight excluding hydrogens is 461 g/mol. The molecule has 0 aliphatic carbocycles. The average Bonchev–Trinajstić information content (AvgIpc) is 2.82. The van der Waals surface area contributed by atoms with E-state index in [1.807, 2.05) is 35.2 Å². The van der Waals surface area contributed by atoms with Crippen molar-refractivity contribution < 1.29 is 32.5 Å². The van der Waals surface area contributed by atoms with E-state index < -0.39 is 17.8 Å². The third-order valence-electron chi connectivity index (χ3n) is 6.47. The Morgan fingerprint density at radius 2 is 1.83 bits per heavy atom. The molecule has 2 aromatic carbocycles. The lowest BCUT2D eigenvalue weighted by Gasteiger charge is -2.44. The van der Waals surface area contributed by atoms with Crippen LogP contribution in [0.15, 0.2) is 54.6 Å². The summed E-state index contributed by atoms with van der Waals surface area (Å²) in [5.74, 6) is -0.0969. The molecule has 0 aromatic heterocycles. The number of fused-ring (bicyclic) bond motifs is 1. The van der Waals surface area contributed by atoms with Gasteiger partial charge in [-0.3, -0.25) is 9.69 Å². The van der Waals surface area contributed by atoms with Crippen LogP contribution in [-0.4, -0.2) is 60.0 Å². The number of carbonyl (C=O) groups excluding carboxylic acids is 1. The monoisotopic (exact) mass is 492 g/mol. The van der Waals surface area contributed by atoms with Crippen LogP contribution < -0.4 is 5.32 Å². The van der Waals surface area contributed by atoms with Crippen LogP contribution in [0.3, 0.4) is 0 Å². The molecule has 0 spiro atoms. The second-order valence-corrected chi connectivity index (χ2v) is 9.23. The van der Waals surface area contributed by atoms with Gasteiger partial charge in [-0.1, -0.05) is 48.5 Å². The molecule has 2 N–H and O–H groups in total. The number of β-amino-alcohol motifs (C(OH)–C–C–N with tert-alkyl or cyclic N) is 1. The minimum absolute atomic E-state index is 0.0969. The lowest BCUT2D eigenvalue weighted by Crippen LogP contribution is -2.55. The number of alkyl halides is 3. The average molecular weight is 493 g/mol. The molecule has 4 atom stereocenters. The third-order valence-corrected chi connectivity index (χ3v) is 6.47. The van der Waals surface area contributed by atoms with Gasteiger partial charge >= 0.3 is 6.18 Å². The Bertz CT molecular complexity index is 973. The number of aliphatic hydroxyl groups excluding tert-OH is 1. The zero-order chi connectivity index (χ0) is 24.8. The van der Waals surface area contributed by atoms with E-state index in [0.29, 0.717) is 24.9 Å². The van der Waals surface area contributed by atoms with E-state index in [1.165, 1.54) is 6.07 Å². The molecule has 0 bridgehead atoms. The first-order valence-corrected chi connectivity index (χ1v) is 11.9. The van der Waals surface area contributed by atoms with Crippen LogP contribution in [0.1, 0.15) is 36.0 Å². The van der Waals surface area contributed by atoms with E-state index in [4.69, 9.17) is 9.47 Å². The Morgan fingerprint density at radius 1 is 1.06 bits per heavy atom. The molecule has 35 heavy (non-hydrogen) atoms. The Balaban J connectivity index is 1.38. The molecule has 190 valence electrons. The summed E-state index contributed by atoms with van der Waals surface area (Å²) >= 11 is 0. The van der Waals surface area contributed by atoms with E-state index in [-0.39, 0.29) is 56.9 Å². The van der Waals surface area contributed by atoms with Gasteiger partial charge in [-0.2, -0.15) is 13.2 Å². The Morgan fingerprint density at radius 3 is 2.60 bits per heavy atom. The van der Waals surface area contributed by atoms with Crippen LogP contribution >= 0.6 is 0 Å². The van der Waals surface area contributed by atoms with Gasteiger partial charge in [0.1, 0.15) is 0 Å². The van der Waals surface area contributed by atoms with E-state index in [2.05, 4.69) is 5.32 Å². The predicted molar refractivity (Wildman–Crippen MR) is 123 cm³/mol. The van der Waals surface area contributed by atoms with Gasteiger partial charge in [0.15, 0.2) is 0 Å². The molecular formula is C26H31F3N2O4. The molecule has 2 saturated heterocycles. The quantitative estimate of drug-likeness (QED) is 0.646. The van der Waals surface area contributed by atoms with E-state index in [1.54, 1.807) is 6.07 Å². The van der Waals surface area contributed by atoms with Crippen LogP contribution in [0.4, 0.5) is 13.2 Å². The van der Waals surface area contributed by atoms with Crippen LogP contribution in [0.25, 0.3) is 0 Å². The number of hydrogen-bond acceptors (Lipinski definition) is 5. The smallest absolute Gasteiger partial charge is 0.389 e. The van der Waals surface area contributed by atoms with Gasteiger partial charge in [0.25, 0.3) is 0 Å². The third kappa shape index (κ3) is 7.27. The number of nitrogens with zero attached hydrogens (tertiary/aromatic N) is 1. The zero-order valence-corrected chi connectivity index (χ0v) is 19.4. The van der Waals surface area contributed by atoms with Gasteiger partial charge in [0, 0.05) is 25.7 Å². The van der Waals surface area contributed by atoms with E-state index >= 15 is 0 Å². The van der Waals surface area contributed by atoms with E-state index in [0.717, 1.165) is 17.7 Å². The topological polar surface area (TPSA) is 71.0 Å². The normalized spacial score (nSPS) is 25.8. The number of nitrogens with one attached hydrogen (secondary N) is 1. The number of benzene rings is 2. The maximum Gasteiger partial charge on any atom is 0.416 e. The molecule has 4 rings (SSSR count). The number of halogens is 3. The van der Waals surface area contributed by atoms with Crippen LogP contribution in [-0.2, 0) is 33.5 Å². The van der Waals surface area contributed by atoms with Crippen molar-refractivity contribution in [2.24, 2.45) is 0 Å². The fourth-order valence-electron chi connectivity index (χ4n) is 4.78. The summed E-state index contributed by atoms with van der Waals surface area (Å²) in [5, 5.41) is 13.2. The highest BCUT2D eigenvalue weighted by atomic mass is 19.4. The van der Waals surface area contributed by atoms with Crippen LogP contribution in [0, 0.1) is 0 Å². The van der Waals surface area contributed by atoms with Gasteiger partial charge < -0.3 is 19.9 Å². The van der Waals surface area contributed by atoms with Gasteiger partial charge in [0.2, 0.25) is 5.91 Å². The lowest BCUT2D eigenvalue weighted by molar-refractivity contribution is -0.158. The zero-order valence-electron chi connectivity index (χ0n) is 19.4. The molecule has 0 unspecified atom stereocenters. The molecule has 2 aliphatic heterocycles. The molecule has 2 aromatic rings. The van der Waals surface area contributed by atoms with Crippen molar-refractivity contribution in [3.05, 3.63) is 71.3 Å². The van der Waals surface area contributed by atoms with Gasteiger partial charge in [-0.05, 0) is 30.0 Å². The lowest BCUT2D eigenvalue weighted by atomic mass is 9.94. The van der Waals surface area contributed by atoms with Gasteiger partial charge in [-0.25, -0.2) is 0 Å². The minimum atomic E-state index is -4.41. The largest absolute Gasteiger partial charge is 0.416 e. The predicted octanol–water partition coefficient (Wildman–Crippen LogP) is 3.52. The molecule has 0 saturated carbocycles. The van der Waals surface area contributed by atoms with Crippen molar-refractivity contribution in [2.75, 3.05) is 19.8 Å². The molecule has 2 fully saturated rings. The molecule has 0 radical (unpaired) electrons. The summed E-state index contributed by atoms with van der Waals surface area (Å²) in [7, 11) is 0. The highest BCUT2D eigenvalue weighted by Gasteiger charge is 2.38. The summed E-state index contributed by atoms with van der Waals surface area (Å²) in [5.41, 5.74) is 0.848. The summed E-state index contributed by atoms with van der Waals surface area (Å²) in [6, 6.07) is 14.8. The standard InChI is InChI=1S/C26H31F3N2O4/c27-26(28,29)20-8-4-7-19(11-20)14-31-15-21(32)16-34-17-24-23(31)10-9-22(35-24)12-25(33)30-13-18-5-2-1-3-6-18/h1-8,11,21-24,32H,9-10,12-17H2,(H,30,33)/t21-,22+,23+,24-/m0/s1. The number of aliphatic hydroxyl groups is 1. The van der Waals surface area contributed by atoms with Gasteiger partial charge in [0.05, 0.1) is 43.5 Å². The van der Waals surface area contributed by atoms with Crippen LogP contribution in [0.2, 0.25) is 0 Å². The van der Waals surface area contributed by atoms with Crippen molar-refractivity contribution in [1.82, 2.24) is 10.2 Å². The maximum atomic E-state index is 13.2. The summed E-state index contributed by atoms with van der Waals surface area (Å²) in [6.45, 7) is 1.35. The number of hydrogen-bond donors (Lipinski definition) is 2. The fraction of sp³-hybridized carbons (Fsp3) is 0.500. The number of rotatable bonds is 6. The van der Waals surface area contributed by atoms with Crippen LogP contribution in [0.5, 0.6) is 0 Å².